The Kier molecular flexibility index (Phi) is 5.28. The molecular weight excluding hydrogens is 317 g/mol. The molecule has 3 unspecified atom stereocenters. The van der Waals surface area contributed by atoms with Crippen LogP contribution in [0.3, 0.4) is 0 Å². The average Bonchev–Trinajstić information content (AvgIpc) is 3.26. The van der Waals surface area contributed by atoms with Gasteiger partial charge in [-0.25, -0.2) is 0 Å². The summed E-state index contributed by atoms with van der Waals surface area (Å²) in [6, 6.07) is 5.25. The fourth-order valence-corrected chi connectivity index (χ4v) is 3.28. The standard InChI is InChI=1S/C18H25F3N2O/c1-11(2)9-17(3,10-22)23-16(24)15-8-14(15)12-5-4-6-13(7-12)18(19,20)21/h4-7,11,14-15H,8-10,22H2,1-3H3,(H,23,24). The largest absolute Gasteiger partial charge is 0.416 e. The van der Waals surface area contributed by atoms with Crippen molar-refractivity contribution in [3.8, 4) is 0 Å². The highest BCUT2D eigenvalue weighted by atomic mass is 19.4. The van der Waals surface area contributed by atoms with Crippen LogP contribution >= 0.6 is 0 Å². The predicted octanol–water partition coefficient (Wildman–Crippen LogP) is 3.69. The second-order valence-corrected chi connectivity index (χ2v) is 7.42. The fraction of sp³-hybridized carbons (Fsp3) is 0.611. The maximum absolute atomic E-state index is 12.8. The highest BCUT2D eigenvalue weighted by Crippen LogP contribution is 2.48. The van der Waals surface area contributed by atoms with Crippen molar-refractivity contribution in [1.82, 2.24) is 5.32 Å². The molecule has 0 spiro atoms. The lowest BCUT2D eigenvalue weighted by Gasteiger charge is -2.31. The highest BCUT2D eigenvalue weighted by Gasteiger charge is 2.46. The number of nitrogens with one attached hydrogen (secondary N) is 1. The lowest BCUT2D eigenvalue weighted by atomic mass is 9.90. The lowest BCUT2D eigenvalue weighted by Crippen LogP contribution is -2.52. The van der Waals surface area contributed by atoms with Crippen LogP contribution in [0.15, 0.2) is 24.3 Å². The molecule has 3 nitrogen and oxygen atoms in total. The summed E-state index contributed by atoms with van der Waals surface area (Å²) in [6.45, 7) is 6.36. The zero-order chi connectivity index (χ0) is 18.1. The molecule has 1 aliphatic carbocycles. The molecule has 1 amide bonds. The molecule has 1 aromatic rings. The third-order valence-electron chi connectivity index (χ3n) is 4.50. The van der Waals surface area contributed by atoms with Crippen LogP contribution in [0.2, 0.25) is 0 Å². The monoisotopic (exact) mass is 342 g/mol. The van der Waals surface area contributed by atoms with Crippen LogP contribution in [0, 0.1) is 11.8 Å². The minimum atomic E-state index is -4.36. The second-order valence-electron chi connectivity index (χ2n) is 7.42. The summed E-state index contributed by atoms with van der Waals surface area (Å²) in [7, 11) is 0. The van der Waals surface area contributed by atoms with Crippen LogP contribution < -0.4 is 11.1 Å². The number of nitrogens with two attached hydrogens (primary N) is 1. The van der Waals surface area contributed by atoms with Crippen LogP contribution in [0.5, 0.6) is 0 Å². The van der Waals surface area contributed by atoms with Gasteiger partial charge < -0.3 is 11.1 Å². The van der Waals surface area contributed by atoms with Gasteiger partial charge in [0.25, 0.3) is 0 Å². The van der Waals surface area contributed by atoms with E-state index >= 15 is 0 Å². The Labute approximate surface area is 140 Å². The van der Waals surface area contributed by atoms with Crippen molar-refractivity contribution in [2.75, 3.05) is 6.54 Å². The quantitative estimate of drug-likeness (QED) is 0.828. The van der Waals surface area contributed by atoms with Gasteiger partial charge >= 0.3 is 6.18 Å². The van der Waals surface area contributed by atoms with Crippen molar-refractivity contribution < 1.29 is 18.0 Å². The van der Waals surface area contributed by atoms with Gasteiger partial charge in [0.1, 0.15) is 0 Å². The number of hydrogen-bond acceptors (Lipinski definition) is 2. The molecule has 134 valence electrons. The molecule has 1 fully saturated rings. The molecule has 0 saturated heterocycles. The highest BCUT2D eigenvalue weighted by molar-refractivity contribution is 5.83. The Morgan fingerprint density at radius 2 is 2.04 bits per heavy atom. The Morgan fingerprint density at radius 3 is 2.58 bits per heavy atom. The molecular formula is C18H25F3N2O. The Hall–Kier alpha value is -1.56. The molecule has 1 aliphatic rings. The first-order chi connectivity index (χ1) is 11.1. The van der Waals surface area contributed by atoms with Gasteiger partial charge in [-0.3, -0.25) is 4.79 Å². The molecule has 1 aromatic carbocycles. The number of carbonyl (C=O) groups is 1. The molecule has 0 aliphatic heterocycles. The van der Waals surface area contributed by atoms with E-state index in [0.29, 0.717) is 24.4 Å². The van der Waals surface area contributed by atoms with Crippen molar-refractivity contribution in [1.29, 1.82) is 0 Å². The van der Waals surface area contributed by atoms with Gasteiger partial charge in [0, 0.05) is 18.0 Å². The van der Waals surface area contributed by atoms with E-state index in [1.54, 1.807) is 6.07 Å². The van der Waals surface area contributed by atoms with Gasteiger partial charge in [-0.2, -0.15) is 13.2 Å². The van der Waals surface area contributed by atoms with Crippen LogP contribution in [-0.2, 0) is 11.0 Å². The number of alkyl halides is 3. The maximum Gasteiger partial charge on any atom is 0.416 e. The van der Waals surface area contributed by atoms with Gasteiger partial charge in [-0.1, -0.05) is 32.0 Å². The molecule has 0 heterocycles. The van der Waals surface area contributed by atoms with E-state index in [2.05, 4.69) is 19.2 Å². The van der Waals surface area contributed by atoms with Crippen LogP contribution in [0.4, 0.5) is 13.2 Å². The van der Waals surface area contributed by atoms with Crippen LogP contribution in [0.1, 0.15) is 50.7 Å². The van der Waals surface area contributed by atoms with Crippen LogP contribution in [-0.4, -0.2) is 18.0 Å². The number of amides is 1. The van der Waals surface area contributed by atoms with Crippen LogP contribution in [0.25, 0.3) is 0 Å². The van der Waals surface area contributed by atoms with Gasteiger partial charge in [-0.05, 0) is 43.2 Å². The van der Waals surface area contributed by atoms with Gasteiger partial charge in [0.2, 0.25) is 5.91 Å². The summed E-state index contributed by atoms with van der Waals surface area (Å²) in [5, 5.41) is 2.99. The average molecular weight is 342 g/mol. The van der Waals surface area contributed by atoms with Gasteiger partial charge in [-0.15, -0.1) is 0 Å². The van der Waals surface area contributed by atoms with Gasteiger partial charge in [0.05, 0.1) is 5.56 Å². The number of carbonyl (C=O) groups excluding carboxylic acids is 1. The summed E-state index contributed by atoms with van der Waals surface area (Å²) in [4.78, 5) is 12.4. The molecule has 1 saturated carbocycles. The Bertz CT molecular complexity index is 600. The minimum absolute atomic E-state index is 0.119. The van der Waals surface area contributed by atoms with Crippen molar-refractivity contribution in [2.45, 2.75) is 51.2 Å². The lowest BCUT2D eigenvalue weighted by molar-refractivity contribution is -0.137. The van der Waals surface area contributed by atoms with Gasteiger partial charge in [0.15, 0.2) is 0 Å². The zero-order valence-corrected chi connectivity index (χ0v) is 14.3. The predicted molar refractivity (Wildman–Crippen MR) is 87.3 cm³/mol. The van der Waals surface area contributed by atoms with E-state index in [1.807, 2.05) is 6.92 Å². The third-order valence-corrected chi connectivity index (χ3v) is 4.50. The topological polar surface area (TPSA) is 55.1 Å². The van der Waals surface area contributed by atoms with Crippen molar-refractivity contribution in [3.05, 3.63) is 35.4 Å². The van der Waals surface area contributed by atoms with E-state index in [0.717, 1.165) is 18.6 Å². The molecule has 3 atom stereocenters. The van der Waals surface area contributed by atoms with E-state index in [9.17, 15) is 18.0 Å². The molecule has 24 heavy (non-hydrogen) atoms. The summed E-state index contributed by atoms with van der Waals surface area (Å²) >= 11 is 0. The molecule has 6 heteroatoms. The summed E-state index contributed by atoms with van der Waals surface area (Å²) in [5.74, 6) is -0.150. The molecule has 0 bridgehead atoms. The first kappa shape index (κ1) is 18.8. The molecule has 3 N–H and O–H groups in total. The SMILES string of the molecule is CC(C)CC(C)(CN)NC(=O)C1CC1c1cccc(C(F)(F)F)c1. The van der Waals surface area contributed by atoms with E-state index < -0.39 is 17.3 Å². The second kappa shape index (κ2) is 6.75. The van der Waals surface area contributed by atoms with Crippen molar-refractivity contribution >= 4 is 5.91 Å². The van der Waals surface area contributed by atoms with E-state index in [1.165, 1.54) is 6.07 Å². The number of benzene rings is 1. The Morgan fingerprint density at radius 1 is 1.38 bits per heavy atom. The summed E-state index contributed by atoms with van der Waals surface area (Å²) < 4.78 is 38.4. The fourth-order valence-electron chi connectivity index (χ4n) is 3.28. The van der Waals surface area contributed by atoms with E-state index in [-0.39, 0.29) is 17.7 Å². The normalized spacial score (nSPS) is 23.0. The third kappa shape index (κ3) is 4.50. The van der Waals surface area contributed by atoms with E-state index in [4.69, 9.17) is 5.73 Å². The molecule has 0 aromatic heterocycles. The number of rotatable bonds is 6. The van der Waals surface area contributed by atoms with Crippen molar-refractivity contribution in [3.63, 3.8) is 0 Å². The Balaban J connectivity index is 2.03. The first-order valence-corrected chi connectivity index (χ1v) is 8.25. The number of halogens is 3. The smallest absolute Gasteiger partial charge is 0.349 e. The summed E-state index contributed by atoms with van der Waals surface area (Å²) in [6.07, 6.45) is -3.02. The molecule has 2 rings (SSSR count). The number of hydrogen-bond donors (Lipinski definition) is 2. The summed E-state index contributed by atoms with van der Waals surface area (Å²) in [5.41, 5.74) is 5.22. The minimum Gasteiger partial charge on any atom is -0.349 e. The molecule has 0 radical (unpaired) electrons. The zero-order valence-electron chi connectivity index (χ0n) is 14.3. The first-order valence-electron chi connectivity index (χ1n) is 8.25. The van der Waals surface area contributed by atoms with Crippen molar-refractivity contribution in [2.24, 2.45) is 17.6 Å². The maximum atomic E-state index is 12.8.